The standard InChI is InChI=1S/C36H44N6O2/c1-2-24-42(26-32(28-13-5-3-6-14-28)29-15-7-4-8-16-29)35(44)33(18-11-21-41-36(37)38)39-22-23-40-34(43)31-20-19-27-12-9-10-17-30(27)25-31/h3-10,12-17,19-20,25,32-33,39H,2,11,18,21-24,26H2,1H3,(H,40,43)(H4,37,38,41). The quantitative estimate of drug-likeness (QED) is 0.0856. The summed E-state index contributed by atoms with van der Waals surface area (Å²) in [7, 11) is 0. The number of hydrogen-bond acceptors (Lipinski definition) is 4. The summed E-state index contributed by atoms with van der Waals surface area (Å²) in [4.78, 5) is 33.1. The van der Waals surface area contributed by atoms with Crippen LogP contribution in [0.3, 0.4) is 0 Å². The molecule has 0 saturated carbocycles. The summed E-state index contributed by atoms with van der Waals surface area (Å²) < 4.78 is 0. The first-order valence-electron chi connectivity index (χ1n) is 15.4. The number of nitrogens with zero attached hydrogens (tertiary/aromatic N) is 2. The average molecular weight is 593 g/mol. The Morgan fingerprint density at radius 2 is 1.45 bits per heavy atom. The maximum atomic E-state index is 14.1. The number of hydrogen-bond donors (Lipinski definition) is 4. The van der Waals surface area contributed by atoms with Crippen LogP contribution in [0.2, 0.25) is 0 Å². The van der Waals surface area contributed by atoms with Crippen molar-refractivity contribution in [2.45, 2.75) is 38.1 Å². The molecule has 1 atom stereocenters. The van der Waals surface area contributed by atoms with Crippen molar-refractivity contribution in [2.75, 3.05) is 32.7 Å². The average Bonchev–Trinajstić information content (AvgIpc) is 3.06. The molecule has 1 unspecified atom stereocenters. The second-order valence-corrected chi connectivity index (χ2v) is 10.9. The van der Waals surface area contributed by atoms with E-state index in [-0.39, 0.29) is 23.7 Å². The third kappa shape index (κ3) is 9.41. The monoisotopic (exact) mass is 592 g/mol. The number of aliphatic imine (C=N–C) groups is 1. The smallest absolute Gasteiger partial charge is 0.251 e. The second-order valence-electron chi connectivity index (χ2n) is 10.9. The van der Waals surface area contributed by atoms with Crippen LogP contribution in [-0.2, 0) is 4.79 Å². The third-order valence-corrected chi connectivity index (χ3v) is 7.67. The van der Waals surface area contributed by atoms with Gasteiger partial charge in [0.2, 0.25) is 5.91 Å². The highest BCUT2D eigenvalue weighted by Gasteiger charge is 2.27. The van der Waals surface area contributed by atoms with E-state index in [0.717, 1.165) is 17.2 Å². The van der Waals surface area contributed by atoms with Gasteiger partial charge in [0, 0.05) is 44.2 Å². The molecule has 4 rings (SSSR count). The summed E-state index contributed by atoms with van der Waals surface area (Å²) in [5.41, 5.74) is 14.0. The molecular formula is C36H44N6O2. The number of fused-ring (bicyclic) bond motifs is 1. The van der Waals surface area contributed by atoms with Crippen molar-refractivity contribution in [1.29, 1.82) is 0 Å². The first-order valence-corrected chi connectivity index (χ1v) is 15.4. The number of carbonyl (C=O) groups is 2. The van der Waals surface area contributed by atoms with E-state index in [1.54, 1.807) is 0 Å². The fourth-order valence-electron chi connectivity index (χ4n) is 5.45. The minimum atomic E-state index is -0.444. The molecule has 0 aromatic heterocycles. The molecule has 0 aliphatic heterocycles. The number of amides is 2. The Morgan fingerprint density at radius 1 is 0.818 bits per heavy atom. The number of guanidine groups is 1. The summed E-state index contributed by atoms with van der Waals surface area (Å²) in [6, 6.07) is 33.9. The highest BCUT2D eigenvalue weighted by molar-refractivity contribution is 5.98. The Balaban J connectivity index is 1.44. The van der Waals surface area contributed by atoms with Gasteiger partial charge in [-0.3, -0.25) is 14.6 Å². The molecular weight excluding hydrogens is 548 g/mol. The molecule has 0 aliphatic rings. The van der Waals surface area contributed by atoms with Gasteiger partial charge >= 0.3 is 0 Å². The molecule has 0 aliphatic carbocycles. The lowest BCUT2D eigenvalue weighted by atomic mass is 9.90. The van der Waals surface area contributed by atoms with Gasteiger partial charge < -0.3 is 27.0 Å². The van der Waals surface area contributed by atoms with Crippen LogP contribution in [0.25, 0.3) is 10.8 Å². The lowest BCUT2D eigenvalue weighted by molar-refractivity contribution is -0.133. The fourth-order valence-corrected chi connectivity index (χ4v) is 5.45. The molecule has 0 spiro atoms. The summed E-state index contributed by atoms with van der Waals surface area (Å²) >= 11 is 0. The first-order chi connectivity index (χ1) is 21.5. The summed E-state index contributed by atoms with van der Waals surface area (Å²) in [5, 5.41) is 8.51. The van der Waals surface area contributed by atoms with E-state index in [4.69, 9.17) is 11.5 Å². The largest absolute Gasteiger partial charge is 0.370 e. The van der Waals surface area contributed by atoms with Gasteiger partial charge in [0.25, 0.3) is 5.91 Å². The number of carbonyl (C=O) groups excluding carboxylic acids is 2. The molecule has 0 bridgehead atoms. The van der Waals surface area contributed by atoms with Crippen molar-refractivity contribution in [3.8, 4) is 0 Å². The van der Waals surface area contributed by atoms with Crippen molar-refractivity contribution in [3.63, 3.8) is 0 Å². The van der Waals surface area contributed by atoms with Gasteiger partial charge in [-0.1, -0.05) is 97.9 Å². The van der Waals surface area contributed by atoms with E-state index in [2.05, 4.69) is 46.8 Å². The van der Waals surface area contributed by atoms with Gasteiger partial charge in [-0.25, -0.2) is 0 Å². The van der Waals surface area contributed by atoms with E-state index in [0.29, 0.717) is 51.1 Å². The lowest BCUT2D eigenvalue weighted by Crippen LogP contribution is -2.49. The van der Waals surface area contributed by atoms with Crippen LogP contribution in [0.4, 0.5) is 0 Å². The van der Waals surface area contributed by atoms with E-state index < -0.39 is 6.04 Å². The zero-order valence-corrected chi connectivity index (χ0v) is 25.5. The van der Waals surface area contributed by atoms with Crippen LogP contribution in [-0.4, -0.2) is 61.4 Å². The Labute approximate surface area is 260 Å². The van der Waals surface area contributed by atoms with Crippen LogP contribution in [0.1, 0.15) is 53.6 Å². The van der Waals surface area contributed by atoms with Crippen LogP contribution in [0, 0.1) is 0 Å². The topological polar surface area (TPSA) is 126 Å². The Bertz CT molecular complexity index is 1470. The Hall–Kier alpha value is -4.69. The SMILES string of the molecule is CCCN(CC(c1ccccc1)c1ccccc1)C(=O)C(CCCN=C(N)N)NCCNC(=O)c1ccc2ccccc2c1. The van der Waals surface area contributed by atoms with Crippen LogP contribution in [0.5, 0.6) is 0 Å². The summed E-state index contributed by atoms with van der Waals surface area (Å²) in [6.07, 6.45) is 2.05. The van der Waals surface area contributed by atoms with E-state index >= 15 is 0 Å². The van der Waals surface area contributed by atoms with Crippen molar-refractivity contribution >= 4 is 28.5 Å². The highest BCUT2D eigenvalue weighted by atomic mass is 16.2. The third-order valence-electron chi connectivity index (χ3n) is 7.67. The van der Waals surface area contributed by atoms with E-state index in [9.17, 15) is 9.59 Å². The summed E-state index contributed by atoms with van der Waals surface area (Å²) in [5.74, 6) is -0.0292. The Morgan fingerprint density at radius 3 is 2.09 bits per heavy atom. The van der Waals surface area contributed by atoms with Gasteiger partial charge in [0.1, 0.15) is 0 Å². The van der Waals surface area contributed by atoms with E-state index in [1.807, 2.05) is 83.8 Å². The molecule has 6 N–H and O–H groups in total. The van der Waals surface area contributed by atoms with Crippen molar-refractivity contribution in [2.24, 2.45) is 16.5 Å². The number of rotatable bonds is 16. The second kappa shape index (κ2) is 16.8. The molecule has 0 fully saturated rings. The number of nitrogens with two attached hydrogens (primary N) is 2. The van der Waals surface area contributed by atoms with Gasteiger partial charge in [-0.15, -0.1) is 0 Å². The van der Waals surface area contributed by atoms with Crippen LogP contribution in [0.15, 0.2) is 108 Å². The Kier molecular flexibility index (Phi) is 12.3. The van der Waals surface area contributed by atoms with Gasteiger partial charge in [-0.2, -0.15) is 0 Å². The molecule has 8 nitrogen and oxygen atoms in total. The van der Waals surface area contributed by atoms with Gasteiger partial charge in [0.05, 0.1) is 6.04 Å². The predicted molar refractivity (Wildman–Crippen MR) is 180 cm³/mol. The highest BCUT2D eigenvalue weighted by Crippen LogP contribution is 2.26. The first kappa shape index (κ1) is 32.2. The maximum absolute atomic E-state index is 14.1. The predicted octanol–water partition coefficient (Wildman–Crippen LogP) is 4.65. The molecule has 4 aromatic carbocycles. The number of benzene rings is 4. The molecule has 8 heteroatoms. The van der Waals surface area contributed by atoms with Crippen molar-refractivity contribution in [1.82, 2.24) is 15.5 Å². The molecule has 230 valence electrons. The maximum Gasteiger partial charge on any atom is 0.251 e. The normalized spacial score (nSPS) is 11.7. The van der Waals surface area contributed by atoms with Gasteiger partial charge in [0.15, 0.2) is 5.96 Å². The molecule has 0 saturated heterocycles. The minimum absolute atomic E-state index is 0.0364. The zero-order valence-electron chi connectivity index (χ0n) is 25.5. The number of nitrogens with one attached hydrogen (secondary N) is 2. The molecule has 44 heavy (non-hydrogen) atoms. The molecule has 2 amide bonds. The van der Waals surface area contributed by atoms with Crippen LogP contribution >= 0.6 is 0 Å². The summed E-state index contributed by atoms with van der Waals surface area (Å²) in [6.45, 7) is 4.55. The minimum Gasteiger partial charge on any atom is -0.370 e. The molecule has 4 aromatic rings. The van der Waals surface area contributed by atoms with Crippen molar-refractivity contribution in [3.05, 3.63) is 120 Å². The fraction of sp³-hybridized carbons (Fsp3) is 0.306. The molecule has 0 radical (unpaired) electrons. The van der Waals surface area contributed by atoms with Crippen LogP contribution < -0.4 is 22.1 Å². The van der Waals surface area contributed by atoms with E-state index in [1.165, 1.54) is 11.1 Å². The van der Waals surface area contributed by atoms with Crippen molar-refractivity contribution < 1.29 is 9.59 Å². The zero-order chi connectivity index (χ0) is 31.1. The lowest BCUT2D eigenvalue weighted by Gasteiger charge is -2.32. The van der Waals surface area contributed by atoms with Gasteiger partial charge in [-0.05, 0) is 53.3 Å². The molecule has 0 heterocycles.